The fourth-order valence-electron chi connectivity index (χ4n) is 0.718. The standard InChI is InChI=1S/C10H14N2/c1-10(2,3)12-8-9-4-6-11-7-5-9/h4-8H,1-3H3. The van der Waals surface area contributed by atoms with E-state index in [4.69, 9.17) is 0 Å². The molecule has 0 aliphatic heterocycles. The zero-order valence-electron chi connectivity index (χ0n) is 7.78. The Morgan fingerprint density at radius 1 is 1.25 bits per heavy atom. The van der Waals surface area contributed by atoms with E-state index in [-0.39, 0.29) is 5.54 Å². The lowest BCUT2D eigenvalue weighted by Crippen LogP contribution is -2.09. The van der Waals surface area contributed by atoms with Crippen molar-refractivity contribution in [2.75, 3.05) is 0 Å². The number of aliphatic imine (C=N–C) groups is 1. The number of nitrogens with zero attached hydrogens (tertiary/aromatic N) is 2. The third-order valence-corrected chi connectivity index (χ3v) is 1.31. The van der Waals surface area contributed by atoms with Crippen molar-refractivity contribution >= 4 is 6.21 Å². The highest BCUT2D eigenvalue weighted by atomic mass is 14.8. The molecule has 0 aliphatic carbocycles. The molecule has 0 atom stereocenters. The van der Waals surface area contributed by atoms with E-state index < -0.39 is 0 Å². The predicted octanol–water partition coefficient (Wildman–Crippen LogP) is 2.30. The lowest BCUT2D eigenvalue weighted by atomic mass is 10.1. The molecule has 1 heterocycles. The van der Waals surface area contributed by atoms with Crippen molar-refractivity contribution in [2.24, 2.45) is 4.99 Å². The van der Waals surface area contributed by atoms with Crippen LogP contribution in [0.15, 0.2) is 29.5 Å². The largest absolute Gasteiger partial charge is 0.287 e. The highest BCUT2D eigenvalue weighted by molar-refractivity contribution is 5.79. The van der Waals surface area contributed by atoms with Crippen LogP contribution in [0, 0.1) is 0 Å². The maximum absolute atomic E-state index is 4.37. The van der Waals surface area contributed by atoms with Gasteiger partial charge in [0.15, 0.2) is 0 Å². The monoisotopic (exact) mass is 162 g/mol. The van der Waals surface area contributed by atoms with Crippen LogP contribution in [-0.4, -0.2) is 16.7 Å². The summed E-state index contributed by atoms with van der Waals surface area (Å²) >= 11 is 0. The van der Waals surface area contributed by atoms with Crippen LogP contribution in [-0.2, 0) is 0 Å². The van der Waals surface area contributed by atoms with Gasteiger partial charge in [0.1, 0.15) is 0 Å². The molecule has 2 nitrogen and oxygen atoms in total. The van der Waals surface area contributed by atoms with E-state index >= 15 is 0 Å². The van der Waals surface area contributed by atoms with Gasteiger partial charge >= 0.3 is 0 Å². The third kappa shape index (κ3) is 3.28. The fraction of sp³-hybridized carbons (Fsp3) is 0.400. The normalized spacial score (nSPS) is 12.2. The van der Waals surface area contributed by atoms with E-state index in [9.17, 15) is 0 Å². The molecule has 0 radical (unpaired) electrons. The average molecular weight is 162 g/mol. The molecule has 0 N–H and O–H groups in total. The van der Waals surface area contributed by atoms with E-state index in [1.807, 2.05) is 18.3 Å². The van der Waals surface area contributed by atoms with Gasteiger partial charge in [0.25, 0.3) is 0 Å². The Morgan fingerprint density at radius 3 is 2.33 bits per heavy atom. The van der Waals surface area contributed by atoms with Crippen LogP contribution in [0.4, 0.5) is 0 Å². The summed E-state index contributed by atoms with van der Waals surface area (Å²) in [4.78, 5) is 8.30. The quantitative estimate of drug-likeness (QED) is 0.582. The van der Waals surface area contributed by atoms with Crippen LogP contribution in [0.2, 0.25) is 0 Å². The minimum atomic E-state index is 0.00324. The molecule has 0 bridgehead atoms. The van der Waals surface area contributed by atoms with Crippen molar-refractivity contribution in [3.63, 3.8) is 0 Å². The van der Waals surface area contributed by atoms with Gasteiger partial charge in [-0.1, -0.05) is 0 Å². The lowest BCUT2D eigenvalue weighted by molar-refractivity contribution is 0.586. The third-order valence-electron chi connectivity index (χ3n) is 1.31. The molecular formula is C10H14N2. The number of rotatable bonds is 1. The highest BCUT2D eigenvalue weighted by Gasteiger charge is 2.03. The van der Waals surface area contributed by atoms with Crippen LogP contribution in [0.5, 0.6) is 0 Å². The molecule has 0 aliphatic rings. The summed E-state index contributed by atoms with van der Waals surface area (Å²) in [6.07, 6.45) is 5.41. The molecule has 2 heteroatoms. The van der Waals surface area contributed by atoms with Crippen molar-refractivity contribution in [3.8, 4) is 0 Å². The number of hydrogen-bond donors (Lipinski definition) is 0. The van der Waals surface area contributed by atoms with Gasteiger partial charge in [-0.3, -0.25) is 9.98 Å². The summed E-state index contributed by atoms with van der Waals surface area (Å²) in [5.41, 5.74) is 1.10. The molecule has 12 heavy (non-hydrogen) atoms. The van der Waals surface area contributed by atoms with E-state index in [1.54, 1.807) is 12.4 Å². The summed E-state index contributed by atoms with van der Waals surface area (Å²) in [5, 5.41) is 0. The Bertz CT molecular complexity index is 257. The van der Waals surface area contributed by atoms with Crippen LogP contribution in [0.3, 0.4) is 0 Å². The first-order chi connectivity index (χ1) is 5.58. The predicted molar refractivity (Wildman–Crippen MR) is 51.6 cm³/mol. The second-order valence-electron chi connectivity index (χ2n) is 3.71. The zero-order valence-corrected chi connectivity index (χ0v) is 7.78. The molecular weight excluding hydrogens is 148 g/mol. The van der Waals surface area contributed by atoms with Gasteiger partial charge in [-0.15, -0.1) is 0 Å². The van der Waals surface area contributed by atoms with Crippen LogP contribution >= 0.6 is 0 Å². The second-order valence-corrected chi connectivity index (χ2v) is 3.71. The first-order valence-corrected chi connectivity index (χ1v) is 4.03. The Balaban J connectivity index is 2.71. The van der Waals surface area contributed by atoms with E-state index in [0.717, 1.165) is 5.56 Å². The van der Waals surface area contributed by atoms with Crippen LogP contribution in [0.25, 0.3) is 0 Å². The summed E-state index contributed by atoms with van der Waals surface area (Å²) in [6, 6.07) is 3.88. The Labute approximate surface area is 73.4 Å². The first-order valence-electron chi connectivity index (χ1n) is 4.03. The maximum Gasteiger partial charge on any atom is 0.0524 e. The van der Waals surface area contributed by atoms with Crippen molar-refractivity contribution in [3.05, 3.63) is 30.1 Å². The maximum atomic E-state index is 4.37. The van der Waals surface area contributed by atoms with E-state index in [1.165, 1.54) is 0 Å². The van der Waals surface area contributed by atoms with Gasteiger partial charge in [0.2, 0.25) is 0 Å². The molecule has 0 fully saturated rings. The summed E-state index contributed by atoms with van der Waals surface area (Å²) < 4.78 is 0. The molecule has 0 unspecified atom stereocenters. The molecule has 0 saturated heterocycles. The molecule has 0 spiro atoms. The van der Waals surface area contributed by atoms with E-state index in [0.29, 0.717) is 0 Å². The molecule has 1 aromatic rings. The number of hydrogen-bond acceptors (Lipinski definition) is 2. The molecule has 1 rings (SSSR count). The van der Waals surface area contributed by atoms with Gasteiger partial charge in [-0.2, -0.15) is 0 Å². The van der Waals surface area contributed by atoms with Gasteiger partial charge < -0.3 is 0 Å². The number of pyridine rings is 1. The Hall–Kier alpha value is -1.18. The molecule has 1 aromatic heterocycles. The molecule has 0 amide bonds. The lowest BCUT2D eigenvalue weighted by Gasteiger charge is -2.10. The topological polar surface area (TPSA) is 25.2 Å². The zero-order chi connectivity index (χ0) is 9.03. The minimum Gasteiger partial charge on any atom is -0.287 e. The SMILES string of the molecule is CC(C)(C)N=Cc1ccncc1. The Morgan fingerprint density at radius 2 is 1.83 bits per heavy atom. The van der Waals surface area contributed by atoms with Crippen molar-refractivity contribution in [2.45, 2.75) is 26.3 Å². The smallest absolute Gasteiger partial charge is 0.0524 e. The van der Waals surface area contributed by atoms with E-state index in [2.05, 4.69) is 30.7 Å². The summed E-state index contributed by atoms with van der Waals surface area (Å²) in [6.45, 7) is 6.22. The summed E-state index contributed by atoms with van der Waals surface area (Å²) in [7, 11) is 0. The van der Waals surface area contributed by atoms with Crippen molar-refractivity contribution in [1.82, 2.24) is 4.98 Å². The van der Waals surface area contributed by atoms with Gasteiger partial charge in [0, 0.05) is 18.6 Å². The Kier molecular flexibility index (Phi) is 2.58. The first kappa shape index (κ1) is 8.91. The number of aromatic nitrogens is 1. The van der Waals surface area contributed by atoms with Crippen molar-refractivity contribution in [1.29, 1.82) is 0 Å². The average Bonchev–Trinajstić information content (AvgIpc) is 2.02. The van der Waals surface area contributed by atoms with Crippen LogP contribution in [0.1, 0.15) is 26.3 Å². The van der Waals surface area contributed by atoms with Crippen molar-refractivity contribution < 1.29 is 0 Å². The minimum absolute atomic E-state index is 0.00324. The van der Waals surface area contributed by atoms with Crippen LogP contribution < -0.4 is 0 Å². The highest BCUT2D eigenvalue weighted by Crippen LogP contribution is 2.05. The second kappa shape index (κ2) is 3.48. The summed E-state index contributed by atoms with van der Waals surface area (Å²) in [5.74, 6) is 0. The molecule has 0 saturated carbocycles. The van der Waals surface area contributed by atoms with Gasteiger partial charge in [-0.25, -0.2) is 0 Å². The fourth-order valence-corrected chi connectivity index (χ4v) is 0.718. The molecule has 64 valence electrons. The van der Waals surface area contributed by atoms with Gasteiger partial charge in [-0.05, 0) is 38.5 Å². The molecule has 0 aromatic carbocycles. The van der Waals surface area contributed by atoms with Gasteiger partial charge in [0.05, 0.1) is 5.54 Å².